The zero-order valence-electron chi connectivity index (χ0n) is 10.9. The first-order valence-electron chi connectivity index (χ1n) is 6.14. The molecule has 1 aromatic carbocycles. The minimum absolute atomic E-state index is 0.0819. The lowest BCUT2D eigenvalue weighted by Gasteiger charge is -2.19. The number of carbonyl (C=O) groups is 1. The van der Waals surface area contributed by atoms with Gasteiger partial charge in [-0.15, -0.1) is 0 Å². The fraction of sp³-hybridized carbons (Fsp3) is 0.500. The van der Waals surface area contributed by atoms with Gasteiger partial charge in [0.05, 0.1) is 6.04 Å². The van der Waals surface area contributed by atoms with Crippen LogP contribution >= 0.6 is 0 Å². The van der Waals surface area contributed by atoms with Gasteiger partial charge in [-0.2, -0.15) is 0 Å². The first-order chi connectivity index (χ1) is 8.15. The molecule has 0 aliphatic heterocycles. The molecular formula is C14H22N2O. The van der Waals surface area contributed by atoms with Gasteiger partial charge in [-0.25, -0.2) is 0 Å². The van der Waals surface area contributed by atoms with E-state index in [1.165, 1.54) is 5.56 Å². The lowest BCUT2D eigenvalue weighted by atomic mass is 10.0. The number of rotatable bonds is 6. The first-order valence-corrected chi connectivity index (χ1v) is 6.14. The number of benzene rings is 1. The van der Waals surface area contributed by atoms with Gasteiger partial charge in [0.15, 0.2) is 0 Å². The van der Waals surface area contributed by atoms with Crippen molar-refractivity contribution in [2.24, 2.45) is 5.92 Å². The van der Waals surface area contributed by atoms with Crippen LogP contribution in [-0.2, 0) is 11.2 Å². The van der Waals surface area contributed by atoms with E-state index >= 15 is 0 Å². The Kier molecular flexibility index (Phi) is 5.70. The number of hydrogen-bond donors (Lipinski definition) is 2. The minimum Gasteiger partial charge on any atom is -0.354 e. The summed E-state index contributed by atoms with van der Waals surface area (Å²) in [6, 6.07) is 10.1. The Hall–Kier alpha value is -1.35. The van der Waals surface area contributed by atoms with E-state index in [1.807, 2.05) is 39.1 Å². The molecule has 0 bridgehead atoms. The highest BCUT2D eigenvalue weighted by Gasteiger charge is 2.18. The van der Waals surface area contributed by atoms with Gasteiger partial charge >= 0.3 is 0 Å². The summed E-state index contributed by atoms with van der Waals surface area (Å²) in [7, 11) is 1.82. The maximum Gasteiger partial charge on any atom is 0.237 e. The third kappa shape index (κ3) is 4.57. The number of likely N-dealkylation sites (N-methyl/N-ethyl adjacent to an activating group) is 1. The Labute approximate surface area is 104 Å². The van der Waals surface area contributed by atoms with Crippen molar-refractivity contribution in [1.29, 1.82) is 0 Å². The molecule has 1 aromatic rings. The number of hydrogen-bond acceptors (Lipinski definition) is 2. The van der Waals surface area contributed by atoms with E-state index in [0.29, 0.717) is 12.5 Å². The molecule has 17 heavy (non-hydrogen) atoms. The summed E-state index contributed by atoms with van der Waals surface area (Å²) in [6.45, 7) is 4.77. The maximum absolute atomic E-state index is 11.8. The largest absolute Gasteiger partial charge is 0.354 e. The van der Waals surface area contributed by atoms with Crippen molar-refractivity contribution in [3.8, 4) is 0 Å². The Morgan fingerprint density at radius 3 is 2.41 bits per heavy atom. The van der Waals surface area contributed by atoms with Crippen molar-refractivity contribution in [2.75, 3.05) is 13.6 Å². The lowest BCUT2D eigenvalue weighted by Crippen LogP contribution is -2.46. The molecule has 0 radical (unpaired) electrons. The molecule has 0 unspecified atom stereocenters. The fourth-order valence-corrected chi connectivity index (χ4v) is 1.85. The van der Waals surface area contributed by atoms with Crippen molar-refractivity contribution in [3.63, 3.8) is 0 Å². The van der Waals surface area contributed by atoms with Crippen LogP contribution in [-0.4, -0.2) is 25.5 Å². The van der Waals surface area contributed by atoms with E-state index in [-0.39, 0.29) is 11.9 Å². The predicted octanol–water partition coefficient (Wildman–Crippen LogP) is 1.59. The molecule has 0 heterocycles. The summed E-state index contributed by atoms with van der Waals surface area (Å²) in [5.41, 5.74) is 1.25. The fourth-order valence-electron chi connectivity index (χ4n) is 1.85. The second-order valence-corrected chi connectivity index (χ2v) is 4.54. The van der Waals surface area contributed by atoms with Crippen molar-refractivity contribution in [3.05, 3.63) is 35.9 Å². The van der Waals surface area contributed by atoms with Gasteiger partial charge in [0.25, 0.3) is 0 Å². The van der Waals surface area contributed by atoms with E-state index < -0.39 is 0 Å². The van der Waals surface area contributed by atoms with Crippen LogP contribution in [0.4, 0.5) is 0 Å². The smallest absolute Gasteiger partial charge is 0.237 e. The highest BCUT2D eigenvalue weighted by atomic mass is 16.2. The Bertz CT molecular complexity index is 335. The normalized spacial score (nSPS) is 12.5. The topological polar surface area (TPSA) is 41.1 Å². The Balaban J connectivity index is 2.33. The van der Waals surface area contributed by atoms with Crippen molar-refractivity contribution >= 4 is 5.91 Å². The van der Waals surface area contributed by atoms with E-state index in [1.54, 1.807) is 0 Å². The molecule has 1 amide bonds. The Morgan fingerprint density at radius 1 is 1.24 bits per heavy atom. The summed E-state index contributed by atoms with van der Waals surface area (Å²) in [6.07, 6.45) is 0.876. The minimum atomic E-state index is -0.106. The van der Waals surface area contributed by atoms with Crippen LogP contribution in [0.25, 0.3) is 0 Å². The molecule has 0 spiro atoms. The summed E-state index contributed by atoms with van der Waals surface area (Å²) in [4.78, 5) is 11.8. The molecule has 0 saturated carbocycles. The summed E-state index contributed by atoms with van der Waals surface area (Å²) in [5, 5.41) is 6.00. The van der Waals surface area contributed by atoms with Crippen LogP contribution in [0.2, 0.25) is 0 Å². The lowest BCUT2D eigenvalue weighted by molar-refractivity contribution is -0.123. The zero-order valence-corrected chi connectivity index (χ0v) is 10.9. The highest BCUT2D eigenvalue weighted by molar-refractivity contribution is 5.81. The quantitative estimate of drug-likeness (QED) is 0.785. The van der Waals surface area contributed by atoms with Gasteiger partial charge in [-0.05, 0) is 24.9 Å². The van der Waals surface area contributed by atoms with Crippen molar-refractivity contribution in [2.45, 2.75) is 26.3 Å². The molecule has 94 valence electrons. The molecule has 3 heteroatoms. The molecule has 0 saturated heterocycles. The van der Waals surface area contributed by atoms with E-state index in [4.69, 9.17) is 0 Å². The van der Waals surface area contributed by atoms with Crippen LogP contribution in [0.5, 0.6) is 0 Å². The molecule has 0 aliphatic rings. The zero-order chi connectivity index (χ0) is 12.7. The first kappa shape index (κ1) is 13.7. The van der Waals surface area contributed by atoms with Crippen molar-refractivity contribution in [1.82, 2.24) is 10.6 Å². The average Bonchev–Trinajstić information content (AvgIpc) is 2.30. The summed E-state index contributed by atoms with van der Waals surface area (Å²) < 4.78 is 0. The van der Waals surface area contributed by atoms with Crippen LogP contribution in [0, 0.1) is 5.92 Å². The van der Waals surface area contributed by atoms with Gasteiger partial charge in [0.2, 0.25) is 5.91 Å². The highest BCUT2D eigenvalue weighted by Crippen LogP contribution is 2.01. The molecule has 1 rings (SSSR count). The van der Waals surface area contributed by atoms with E-state index in [0.717, 1.165) is 6.42 Å². The van der Waals surface area contributed by atoms with Gasteiger partial charge < -0.3 is 10.6 Å². The van der Waals surface area contributed by atoms with Gasteiger partial charge in [-0.1, -0.05) is 44.2 Å². The average molecular weight is 234 g/mol. The molecule has 1 atom stereocenters. The SMILES string of the molecule is CN[C@H](C(=O)NCCc1ccccc1)C(C)C. The van der Waals surface area contributed by atoms with E-state index in [9.17, 15) is 4.79 Å². The predicted molar refractivity (Wildman–Crippen MR) is 70.8 cm³/mol. The standard InChI is InChI=1S/C14H22N2O/c1-11(2)13(15-3)14(17)16-10-9-12-7-5-4-6-8-12/h4-8,11,13,15H,9-10H2,1-3H3,(H,16,17)/t13-/m0/s1. The second-order valence-electron chi connectivity index (χ2n) is 4.54. The molecular weight excluding hydrogens is 212 g/mol. The van der Waals surface area contributed by atoms with Crippen LogP contribution < -0.4 is 10.6 Å². The monoisotopic (exact) mass is 234 g/mol. The molecule has 3 nitrogen and oxygen atoms in total. The third-order valence-corrected chi connectivity index (χ3v) is 2.82. The number of nitrogens with one attached hydrogen (secondary N) is 2. The van der Waals surface area contributed by atoms with Gasteiger partial charge in [0.1, 0.15) is 0 Å². The number of amides is 1. The van der Waals surface area contributed by atoms with Crippen molar-refractivity contribution < 1.29 is 4.79 Å². The van der Waals surface area contributed by atoms with Crippen LogP contribution in [0.15, 0.2) is 30.3 Å². The molecule has 0 aliphatic carbocycles. The van der Waals surface area contributed by atoms with Crippen LogP contribution in [0.1, 0.15) is 19.4 Å². The van der Waals surface area contributed by atoms with Gasteiger partial charge in [0, 0.05) is 6.54 Å². The molecule has 0 aromatic heterocycles. The summed E-state index contributed by atoms with van der Waals surface area (Å²) in [5.74, 6) is 0.384. The number of carbonyl (C=O) groups excluding carboxylic acids is 1. The molecule has 0 fully saturated rings. The maximum atomic E-state index is 11.8. The third-order valence-electron chi connectivity index (χ3n) is 2.82. The van der Waals surface area contributed by atoms with Crippen LogP contribution in [0.3, 0.4) is 0 Å². The van der Waals surface area contributed by atoms with Gasteiger partial charge in [-0.3, -0.25) is 4.79 Å². The van der Waals surface area contributed by atoms with E-state index in [2.05, 4.69) is 22.8 Å². The second kappa shape index (κ2) is 7.07. The molecule has 2 N–H and O–H groups in total. The summed E-state index contributed by atoms with van der Waals surface area (Å²) >= 11 is 0. The Morgan fingerprint density at radius 2 is 1.88 bits per heavy atom.